The number of rotatable bonds is 1. The number of methoxy groups -OCH3 is 1. The highest BCUT2D eigenvalue weighted by atomic mass is 16.6. The lowest BCUT2D eigenvalue weighted by Gasteiger charge is -2.38. The van der Waals surface area contributed by atoms with Crippen LogP contribution in [0.2, 0.25) is 0 Å². The summed E-state index contributed by atoms with van der Waals surface area (Å²) in [7, 11) is 1.61. The Kier molecular flexibility index (Phi) is 3.94. The quantitative estimate of drug-likeness (QED) is 0.858. The number of hydrogen-bond acceptors (Lipinski definition) is 4. The van der Waals surface area contributed by atoms with E-state index in [-0.39, 0.29) is 12.0 Å². The van der Waals surface area contributed by atoms with Gasteiger partial charge in [-0.25, -0.2) is 4.79 Å². The van der Waals surface area contributed by atoms with Crippen molar-refractivity contribution < 1.29 is 19.1 Å². The topological polar surface area (TPSA) is 67.9 Å². The molecule has 0 aliphatic carbocycles. The second kappa shape index (κ2) is 5.69. The van der Waals surface area contributed by atoms with Gasteiger partial charge in [0.2, 0.25) is 5.91 Å². The Bertz CT molecular complexity index is 670. The van der Waals surface area contributed by atoms with E-state index in [0.717, 1.165) is 17.0 Å². The number of fused-ring (bicyclic) bond motifs is 2. The Morgan fingerprint density at radius 3 is 2.50 bits per heavy atom. The van der Waals surface area contributed by atoms with Crippen LogP contribution in [0.25, 0.3) is 0 Å². The second-order valence-electron chi connectivity index (χ2n) is 7.42. The van der Waals surface area contributed by atoms with E-state index in [9.17, 15) is 9.59 Å². The van der Waals surface area contributed by atoms with Crippen molar-refractivity contribution in [1.29, 1.82) is 0 Å². The lowest BCUT2D eigenvalue weighted by molar-refractivity contribution is -0.122. The molecule has 1 saturated heterocycles. The molecule has 0 bridgehead atoms. The highest BCUT2D eigenvalue weighted by Gasteiger charge is 2.49. The third-order valence-corrected chi connectivity index (χ3v) is 4.69. The van der Waals surface area contributed by atoms with Crippen molar-refractivity contribution in [3.05, 3.63) is 23.8 Å². The van der Waals surface area contributed by atoms with E-state index in [1.165, 1.54) is 0 Å². The SMILES string of the molecule is COc1ccc2c(c1)C1(CCN(C(=O)OC(C)(C)C)CC1)C(=O)N2. The molecule has 0 radical (unpaired) electrons. The van der Waals surface area contributed by atoms with Crippen molar-refractivity contribution in [1.82, 2.24) is 4.90 Å². The summed E-state index contributed by atoms with van der Waals surface area (Å²) < 4.78 is 10.7. The fourth-order valence-corrected chi connectivity index (χ4v) is 3.41. The summed E-state index contributed by atoms with van der Waals surface area (Å²) in [4.78, 5) is 26.5. The molecule has 6 nitrogen and oxygen atoms in total. The maximum atomic E-state index is 12.6. The second-order valence-corrected chi connectivity index (χ2v) is 7.42. The van der Waals surface area contributed by atoms with Crippen molar-refractivity contribution in [2.24, 2.45) is 0 Å². The average molecular weight is 332 g/mol. The zero-order chi connectivity index (χ0) is 17.5. The third kappa shape index (κ3) is 2.81. The first-order valence-electron chi connectivity index (χ1n) is 8.23. The summed E-state index contributed by atoms with van der Waals surface area (Å²) in [6, 6.07) is 5.64. The van der Waals surface area contributed by atoms with E-state index in [1.807, 2.05) is 39.0 Å². The lowest BCUT2D eigenvalue weighted by Crippen LogP contribution is -2.49. The molecule has 130 valence electrons. The standard InChI is InChI=1S/C18H24N2O4/c1-17(2,3)24-16(22)20-9-7-18(8-10-20)13-11-12(23-4)5-6-14(13)19-15(18)21/h5-6,11H,7-10H2,1-4H3,(H,19,21). The number of hydrogen-bond donors (Lipinski definition) is 1. The Hall–Kier alpha value is -2.24. The molecule has 6 heteroatoms. The summed E-state index contributed by atoms with van der Waals surface area (Å²) in [6.07, 6.45) is 0.845. The molecule has 1 aromatic carbocycles. The monoisotopic (exact) mass is 332 g/mol. The van der Waals surface area contributed by atoms with Crippen LogP contribution in [-0.4, -0.2) is 42.7 Å². The molecule has 2 aliphatic rings. The fourth-order valence-electron chi connectivity index (χ4n) is 3.41. The van der Waals surface area contributed by atoms with Crippen molar-refractivity contribution in [2.45, 2.75) is 44.6 Å². The van der Waals surface area contributed by atoms with E-state index in [2.05, 4.69) is 5.32 Å². The first kappa shape index (κ1) is 16.6. The van der Waals surface area contributed by atoms with Crippen LogP contribution in [0.5, 0.6) is 5.75 Å². The van der Waals surface area contributed by atoms with Crippen LogP contribution in [0.15, 0.2) is 18.2 Å². The number of amides is 2. The van der Waals surface area contributed by atoms with Gasteiger partial charge in [-0.1, -0.05) is 0 Å². The highest BCUT2D eigenvalue weighted by molar-refractivity contribution is 6.06. The minimum absolute atomic E-state index is 0.00888. The van der Waals surface area contributed by atoms with Crippen LogP contribution in [0.3, 0.4) is 0 Å². The molecule has 0 atom stereocenters. The maximum Gasteiger partial charge on any atom is 0.410 e. The molecule has 0 unspecified atom stereocenters. The van der Waals surface area contributed by atoms with Gasteiger partial charge in [-0.3, -0.25) is 4.79 Å². The van der Waals surface area contributed by atoms with Gasteiger partial charge in [0.05, 0.1) is 12.5 Å². The van der Waals surface area contributed by atoms with Gasteiger partial charge < -0.3 is 19.7 Å². The smallest absolute Gasteiger partial charge is 0.410 e. The van der Waals surface area contributed by atoms with Gasteiger partial charge in [0, 0.05) is 18.8 Å². The van der Waals surface area contributed by atoms with Gasteiger partial charge in [0.1, 0.15) is 11.4 Å². The van der Waals surface area contributed by atoms with Crippen LogP contribution in [0.4, 0.5) is 10.5 Å². The molecule has 2 aliphatic heterocycles. The van der Waals surface area contributed by atoms with Crippen LogP contribution in [0.1, 0.15) is 39.2 Å². The predicted octanol–water partition coefficient (Wildman–Crippen LogP) is 2.92. The molecule has 2 amide bonds. The van der Waals surface area contributed by atoms with Gasteiger partial charge in [-0.2, -0.15) is 0 Å². The number of carbonyl (C=O) groups is 2. The molecule has 2 heterocycles. The number of carbonyl (C=O) groups excluding carboxylic acids is 2. The normalized spacial score (nSPS) is 19.0. The molecule has 24 heavy (non-hydrogen) atoms. The zero-order valence-electron chi connectivity index (χ0n) is 14.6. The van der Waals surface area contributed by atoms with Gasteiger partial charge in [-0.05, 0) is 57.4 Å². The summed E-state index contributed by atoms with van der Waals surface area (Å²) in [5, 5.41) is 2.96. The number of nitrogens with zero attached hydrogens (tertiary/aromatic N) is 1. The molecule has 1 fully saturated rings. The molecule has 3 rings (SSSR count). The Balaban J connectivity index is 1.79. The van der Waals surface area contributed by atoms with Crippen LogP contribution in [0, 0.1) is 0 Å². The van der Waals surface area contributed by atoms with E-state index in [0.29, 0.717) is 25.9 Å². The largest absolute Gasteiger partial charge is 0.497 e. The number of piperidine rings is 1. The molecule has 0 aromatic heterocycles. The Morgan fingerprint density at radius 2 is 1.92 bits per heavy atom. The molecule has 1 aromatic rings. The van der Waals surface area contributed by atoms with Crippen molar-refractivity contribution in [2.75, 3.05) is 25.5 Å². The Labute approximate surface area is 142 Å². The number of anilines is 1. The van der Waals surface area contributed by atoms with Crippen LogP contribution >= 0.6 is 0 Å². The summed E-state index contributed by atoms with van der Waals surface area (Å²) in [5.74, 6) is 0.744. The first-order valence-corrected chi connectivity index (χ1v) is 8.23. The molecule has 1 spiro atoms. The van der Waals surface area contributed by atoms with Crippen LogP contribution in [-0.2, 0) is 14.9 Å². The number of ether oxygens (including phenoxy) is 2. The van der Waals surface area contributed by atoms with Gasteiger partial charge in [0.25, 0.3) is 0 Å². The molecular weight excluding hydrogens is 308 g/mol. The van der Waals surface area contributed by atoms with Gasteiger partial charge >= 0.3 is 6.09 Å². The van der Waals surface area contributed by atoms with Crippen molar-refractivity contribution in [3.63, 3.8) is 0 Å². The minimum atomic E-state index is -0.581. The van der Waals surface area contributed by atoms with Gasteiger partial charge in [-0.15, -0.1) is 0 Å². The number of nitrogens with one attached hydrogen (secondary N) is 1. The fraction of sp³-hybridized carbons (Fsp3) is 0.556. The third-order valence-electron chi connectivity index (χ3n) is 4.69. The number of benzene rings is 1. The highest BCUT2D eigenvalue weighted by Crippen LogP contribution is 2.46. The van der Waals surface area contributed by atoms with Crippen LogP contribution < -0.4 is 10.1 Å². The summed E-state index contributed by atoms with van der Waals surface area (Å²) in [5.41, 5.74) is 0.710. The van der Waals surface area contributed by atoms with Crippen molar-refractivity contribution in [3.8, 4) is 5.75 Å². The predicted molar refractivity (Wildman–Crippen MR) is 90.3 cm³/mol. The summed E-state index contributed by atoms with van der Waals surface area (Å²) in [6.45, 7) is 6.55. The van der Waals surface area contributed by atoms with E-state index in [4.69, 9.17) is 9.47 Å². The summed E-state index contributed by atoms with van der Waals surface area (Å²) >= 11 is 0. The molecule has 0 saturated carbocycles. The van der Waals surface area contributed by atoms with E-state index in [1.54, 1.807) is 12.0 Å². The maximum absolute atomic E-state index is 12.6. The Morgan fingerprint density at radius 1 is 1.25 bits per heavy atom. The zero-order valence-corrected chi connectivity index (χ0v) is 14.6. The van der Waals surface area contributed by atoms with E-state index >= 15 is 0 Å². The lowest BCUT2D eigenvalue weighted by atomic mass is 9.73. The molecular formula is C18H24N2O4. The van der Waals surface area contributed by atoms with Crippen molar-refractivity contribution >= 4 is 17.7 Å². The average Bonchev–Trinajstić information content (AvgIpc) is 2.78. The minimum Gasteiger partial charge on any atom is -0.497 e. The first-order chi connectivity index (χ1) is 11.2. The number of likely N-dealkylation sites (tertiary alicyclic amines) is 1. The van der Waals surface area contributed by atoms with Gasteiger partial charge in [0.15, 0.2) is 0 Å². The molecule has 1 N–H and O–H groups in total. The van der Waals surface area contributed by atoms with E-state index < -0.39 is 11.0 Å².